The second-order valence-electron chi connectivity index (χ2n) is 5.75. The van der Waals surface area contributed by atoms with E-state index in [1.54, 1.807) is 0 Å². The Kier molecular flexibility index (Phi) is 14.6. The van der Waals surface area contributed by atoms with Gasteiger partial charge in [0.25, 0.3) is 0 Å². The third-order valence-corrected chi connectivity index (χ3v) is 15.4. The van der Waals surface area contributed by atoms with Crippen molar-refractivity contribution in [2.24, 2.45) is 0 Å². The molecule has 2 nitrogen and oxygen atoms in total. The van der Waals surface area contributed by atoms with Gasteiger partial charge in [-0.05, 0) is 0 Å². The van der Waals surface area contributed by atoms with Gasteiger partial charge in [0.1, 0.15) is 0 Å². The fourth-order valence-corrected chi connectivity index (χ4v) is 15.6. The molecule has 0 aromatic rings. The van der Waals surface area contributed by atoms with E-state index in [0.717, 1.165) is 47.4 Å². The van der Waals surface area contributed by atoms with Crippen LogP contribution in [0.2, 0.25) is 8.87 Å². The Morgan fingerprint density at radius 3 is 1.38 bits per heavy atom. The van der Waals surface area contributed by atoms with E-state index < -0.39 is 19.2 Å². The molecule has 0 aromatic carbocycles. The van der Waals surface area contributed by atoms with Gasteiger partial charge in [0.2, 0.25) is 0 Å². The average molecular weight is 448 g/mol. The van der Waals surface area contributed by atoms with Crippen molar-refractivity contribution in [1.29, 1.82) is 0 Å². The van der Waals surface area contributed by atoms with Gasteiger partial charge in [-0.15, -0.1) is 0 Å². The van der Waals surface area contributed by atoms with E-state index in [1.807, 2.05) is 0 Å². The molecule has 0 amide bonds. The monoisotopic (exact) mass is 448 g/mol. The van der Waals surface area contributed by atoms with Crippen LogP contribution >= 0.6 is 23.2 Å². The molecule has 0 N–H and O–H groups in total. The van der Waals surface area contributed by atoms with Crippen molar-refractivity contribution in [3.63, 3.8) is 0 Å². The molecule has 0 radical (unpaired) electrons. The normalized spacial score (nSPS) is 15.1. The molecule has 0 aliphatic heterocycles. The van der Waals surface area contributed by atoms with E-state index in [9.17, 15) is 0 Å². The van der Waals surface area contributed by atoms with Gasteiger partial charge in [0, 0.05) is 0 Å². The fourth-order valence-electron chi connectivity index (χ4n) is 2.32. The number of halogens is 2. The molecule has 0 fully saturated rings. The van der Waals surface area contributed by atoms with Gasteiger partial charge in [0.15, 0.2) is 0 Å². The van der Waals surface area contributed by atoms with Crippen LogP contribution in [0.15, 0.2) is 0 Å². The number of rotatable bonds is 14. The van der Waals surface area contributed by atoms with Crippen LogP contribution in [0.25, 0.3) is 0 Å². The second-order valence-corrected chi connectivity index (χ2v) is 16.1. The second kappa shape index (κ2) is 13.7. The molecule has 21 heavy (non-hydrogen) atoms. The molecule has 128 valence electrons. The Morgan fingerprint density at radius 1 is 0.714 bits per heavy atom. The van der Waals surface area contributed by atoms with E-state index in [2.05, 4.69) is 27.7 Å². The molecular formula is C16H34Cl2O2Sn. The van der Waals surface area contributed by atoms with E-state index in [1.165, 1.54) is 12.8 Å². The van der Waals surface area contributed by atoms with Crippen molar-refractivity contribution in [2.75, 3.05) is 0 Å². The summed E-state index contributed by atoms with van der Waals surface area (Å²) in [6, 6.07) is 0. The summed E-state index contributed by atoms with van der Waals surface area (Å²) in [5.41, 5.74) is -0.407. The fraction of sp³-hybridized carbons (Fsp3) is 1.00. The Morgan fingerprint density at radius 2 is 1.10 bits per heavy atom. The predicted octanol–water partition coefficient (Wildman–Crippen LogP) is 6.79. The SMILES string of the molecule is CCC[CH2][Sn]([CH2]CCC)([O]C(Cl)CCC)[O]C(Cl)CCC. The first-order valence-electron chi connectivity index (χ1n) is 8.67. The first-order chi connectivity index (χ1) is 10.0. The van der Waals surface area contributed by atoms with Crippen molar-refractivity contribution in [2.45, 2.75) is 99.1 Å². The third-order valence-electron chi connectivity index (χ3n) is 3.54. The van der Waals surface area contributed by atoms with Gasteiger partial charge in [-0.3, -0.25) is 0 Å². The molecule has 0 bridgehead atoms. The van der Waals surface area contributed by atoms with Crippen molar-refractivity contribution in [3.8, 4) is 0 Å². The van der Waals surface area contributed by atoms with Gasteiger partial charge < -0.3 is 0 Å². The summed E-state index contributed by atoms with van der Waals surface area (Å²) in [6.45, 7) is 8.70. The van der Waals surface area contributed by atoms with Crippen molar-refractivity contribution in [1.82, 2.24) is 0 Å². The molecule has 0 aromatic heterocycles. The maximum atomic E-state index is 6.39. The van der Waals surface area contributed by atoms with Crippen LogP contribution in [0.5, 0.6) is 0 Å². The van der Waals surface area contributed by atoms with Crippen LogP contribution in [-0.4, -0.2) is 30.3 Å². The summed E-state index contributed by atoms with van der Waals surface area (Å²) in [5.74, 6) is 0. The van der Waals surface area contributed by atoms with Gasteiger partial charge in [-0.1, -0.05) is 0 Å². The van der Waals surface area contributed by atoms with Crippen LogP contribution in [0, 0.1) is 0 Å². The van der Waals surface area contributed by atoms with Gasteiger partial charge in [-0.2, -0.15) is 0 Å². The quantitative estimate of drug-likeness (QED) is 0.215. The third kappa shape index (κ3) is 10.6. The molecule has 0 saturated carbocycles. The number of unbranched alkanes of at least 4 members (excludes halogenated alkanes) is 2. The molecule has 0 aliphatic carbocycles. The van der Waals surface area contributed by atoms with E-state index in [0.29, 0.717) is 0 Å². The van der Waals surface area contributed by atoms with Crippen LogP contribution in [-0.2, 0) is 6.15 Å². The molecule has 0 spiro atoms. The predicted molar refractivity (Wildman–Crippen MR) is 96.5 cm³/mol. The minimum absolute atomic E-state index is 0.204. The van der Waals surface area contributed by atoms with Gasteiger partial charge >= 0.3 is 148 Å². The Bertz CT molecular complexity index is 218. The Labute approximate surface area is 147 Å². The molecular weight excluding hydrogens is 414 g/mol. The average Bonchev–Trinajstić information content (AvgIpc) is 2.43. The molecule has 2 atom stereocenters. The summed E-state index contributed by atoms with van der Waals surface area (Å²) in [7, 11) is 0. The molecule has 0 heterocycles. The van der Waals surface area contributed by atoms with Crippen molar-refractivity contribution < 1.29 is 6.15 Å². The van der Waals surface area contributed by atoms with E-state index >= 15 is 0 Å². The zero-order valence-corrected chi connectivity index (χ0v) is 18.7. The van der Waals surface area contributed by atoms with Crippen LogP contribution in [0.1, 0.15) is 79.1 Å². The van der Waals surface area contributed by atoms with E-state index in [4.69, 9.17) is 29.4 Å². The summed E-state index contributed by atoms with van der Waals surface area (Å²) in [5, 5.41) is 0. The summed E-state index contributed by atoms with van der Waals surface area (Å²) in [6.07, 6.45) is 8.51. The van der Waals surface area contributed by atoms with Crippen molar-refractivity contribution in [3.05, 3.63) is 0 Å². The molecule has 5 heteroatoms. The number of hydrogen-bond acceptors (Lipinski definition) is 2. The van der Waals surface area contributed by atoms with Crippen LogP contribution in [0.3, 0.4) is 0 Å². The molecule has 2 unspecified atom stereocenters. The molecule has 0 aliphatic rings. The van der Waals surface area contributed by atoms with Gasteiger partial charge in [-0.25, -0.2) is 0 Å². The zero-order chi connectivity index (χ0) is 16.1. The summed E-state index contributed by atoms with van der Waals surface area (Å²) >= 11 is 9.62. The topological polar surface area (TPSA) is 18.5 Å². The molecule has 0 rings (SSSR count). The van der Waals surface area contributed by atoms with Crippen LogP contribution < -0.4 is 0 Å². The minimum atomic E-state index is -3.17. The molecule has 0 saturated heterocycles. The zero-order valence-electron chi connectivity index (χ0n) is 14.3. The maximum absolute atomic E-state index is 6.39. The number of alkyl halides is 2. The van der Waals surface area contributed by atoms with Gasteiger partial charge in [0.05, 0.1) is 0 Å². The first kappa shape index (κ1) is 22.3. The number of hydrogen-bond donors (Lipinski definition) is 0. The van der Waals surface area contributed by atoms with E-state index in [-0.39, 0.29) is 11.1 Å². The Hall–Kier alpha value is 1.30. The van der Waals surface area contributed by atoms with Crippen LogP contribution in [0.4, 0.5) is 0 Å². The Balaban J connectivity index is 4.90. The standard InChI is InChI=1S/2C4H8ClO.2C4H9.Sn/c2*1-2-3-4(5)6;2*1-3-4-2;/h2*4H,2-3H2,1H3;2*1,3-4H2,2H3;/q2*-1;;;+2. The van der Waals surface area contributed by atoms with Crippen molar-refractivity contribution >= 4 is 42.4 Å². The first-order valence-corrected chi connectivity index (χ1v) is 15.9. The summed E-state index contributed by atoms with van der Waals surface area (Å²) < 4.78 is 14.9. The summed E-state index contributed by atoms with van der Waals surface area (Å²) in [4.78, 5) is 0.